The molecule has 1 N–H and O–H groups in total. The topological polar surface area (TPSA) is 15.3 Å². The number of benzene rings is 1. The van der Waals surface area contributed by atoms with Gasteiger partial charge in [0, 0.05) is 32.0 Å². The first-order valence-electron chi connectivity index (χ1n) is 4.81. The van der Waals surface area contributed by atoms with Gasteiger partial charge < -0.3 is 10.2 Å². The molecule has 0 fully saturated rings. The number of hydrogen-bond donors (Lipinski definition) is 1. The molecular formula is C11H17FN2. The number of anilines is 2. The van der Waals surface area contributed by atoms with Crippen molar-refractivity contribution in [1.82, 2.24) is 0 Å². The van der Waals surface area contributed by atoms with Crippen LogP contribution in [0.4, 0.5) is 15.8 Å². The van der Waals surface area contributed by atoms with Crippen LogP contribution in [0.5, 0.6) is 0 Å². The van der Waals surface area contributed by atoms with Crippen molar-refractivity contribution in [3.63, 3.8) is 0 Å². The first-order valence-corrected chi connectivity index (χ1v) is 4.81. The molecule has 1 aromatic carbocycles. The van der Waals surface area contributed by atoms with Gasteiger partial charge in [0.05, 0.1) is 6.67 Å². The molecule has 0 saturated carbocycles. The van der Waals surface area contributed by atoms with Gasteiger partial charge in [-0.1, -0.05) is 6.07 Å². The Hall–Kier alpha value is -1.25. The molecule has 0 amide bonds. The fourth-order valence-electron chi connectivity index (χ4n) is 1.19. The van der Waals surface area contributed by atoms with Crippen molar-refractivity contribution >= 4 is 11.4 Å². The van der Waals surface area contributed by atoms with E-state index < -0.39 is 0 Å². The van der Waals surface area contributed by atoms with Crippen LogP contribution in [-0.2, 0) is 0 Å². The third-order valence-electron chi connectivity index (χ3n) is 2.00. The van der Waals surface area contributed by atoms with E-state index in [-0.39, 0.29) is 6.67 Å². The Kier molecular flexibility index (Phi) is 4.23. The van der Waals surface area contributed by atoms with Crippen LogP contribution in [0.25, 0.3) is 0 Å². The molecule has 0 aliphatic rings. The summed E-state index contributed by atoms with van der Waals surface area (Å²) in [6, 6.07) is 8.08. The SMILES string of the molecule is CN(C)c1cccc(NCCCF)c1. The standard InChI is InChI=1S/C11H17FN2/c1-14(2)11-6-3-5-10(9-11)13-8-4-7-12/h3,5-6,9,13H,4,7-8H2,1-2H3. The Morgan fingerprint density at radius 2 is 2.14 bits per heavy atom. The van der Waals surface area contributed by atoms with E-state index in [1.165, 1.54) is 0 Å². The van der Waals surface area contributed by atoms with E-state index in [0.717, 1.165) is 11.4 Å². The third-order valence-corrected chi connectivity index (χ3v) is 2.00. The average Bonchev–Trinajstić information content (AvgIpc) is 2.19. The smallest absolute Gasteiger partial charge is 0.0911 e. The Balaban J connectivity index is 2.55. The molecule has 3 heteroatoms. The van der Waals surface area contributed by atoms with Gasteiger partial charge in [0.25, 0.3) is 0 Å². The van der Waals surface area contributed by atoms with Gasteiger partial charge >= 0.3 is 0 Å². The van der Waals surface area contributed by atoms with Crippen molar-refractivity contribution in [1.29, 1.82) is 0 Å². The largest absolute Gasteiger partial charge is 0.385 e. The highest BCUT2D eigenvalue weighted by Gasteiger charge is 1.96. The number of hydrogen-bond acceptors (Lipinski definition) is 2. The van der Waals surface area contributed by atoms with Crippen molar-refractivity contribution in [2.75, 3.05) is 37.5 Å². The predicted molar refractivity (Wildman–Crippen MR) is 59.9 cm³/mol. The van der Waals surface area contributed by atoms with Crippen molar-refractivity contribution in [2.24, 2.45) is 0 Å². The summed E-state index contributed by atoms with van der Waals surface area (Å²) >= 11 is 0. The number of nitrogens with one attached hydrogen (secondary N) is 1. The molecule has 0 heterocycles. The minimum atomic E-state index is -0.264. The molecule has 0 atom stereocenters. The lowest BCUT2D eigenvalue weighted by atomic mass is 10.2. The van der Waals surface area contributed by atoms with Crippen LogP contribution in [0.2, 0.25) is 0 Å². The molecule has 78 valence electrons. The van der Waals surface area contributed by atoms with Crippen LogP contribution >= 0.6 is 0 Å². The lowest BCUT2D eigenvalue weighted by Gasteiger charge is -2.14. The van der Waals surface area contributed by atoms with E-state index in [1.54, 1.807) is 0 Å². The van der Waals surface area contributed by atoms with Crippen LogP contribution < -0.4 is 10.2 Å². The van der Waals surface area contributed by atoms with Crippen LogP contribution in [0, 0.1) is 0 Å². The number of halogens is 1. The van der Waals surface area contributed by atoms with E-state index in [2.05, 4.69) is 11.4 Å². The summed E-state index contributed by atoms with van der Waals surface area (Å²) < 4.78 is 11.9. The van der Waals surface area contributed by atoms with Crippen molar-refractivity contribution in [2.45, 2.75) is 6.42 Å². The number of rotatable bonds is 5. The summed E-state index contributed by atoms with van der Waals surface area (Å²) in [4.78, 5) is 2.04. The monoisotopic (exact) mass is 196 g/mol. The van der Waals surface area contributed by atoms with Gasteiger partial charge in [0.1, 0.15) is 0 Å². The molecule has 0 aliphatic heterocycles. The second-order valence-corrected chi connectivity index (χ2v) is 3.41. The number of alkyl halides is 1. The molecule has 2 nitrogen and oxygen atoms in total. The lowest BCUT2D eigenvalue weighted by molar-refractivity contribution is 0.481. The molecule has 0 aromatic heterocycles. The molecule has 0 saturated heterocycles. The second kappa shape index (κ2) is 5.47. The predicted octanol–water partition coefficient (Wildman–Crippen LogP) is 2.52. The second-order valence-electron chi connectivity index (χ2n) is 3.41. The summed E-state index contributed by atoms with van der Waals surface area (Å²) in [5.41, 5.74) is 2.19. The van der Waals surface area contributed by atoms with E-state index >= 15 is 0 Å². The normalized spacial score (nSPS) is 9.93. The Labute approximate surface area is 84.7 Å². The van der Waals surface area contributed by atoms with Gasteiger partial charge in [-0.3, -0.25) is 4.39 Å². The minimum absolute atomic E-state index is 0.264. The van der Waals surface area contributed by atoms with Gasteiger partial charge in [-0.05, 0) is 24.6 Å². The van der Waals surface area contributed by atoms with Crippen LogP contribution in [0.15, 0.2) is 24.3 Å². The molecule has 0 unspecified atom stereocenters. The maximum Gasteiger partial charge on any atom is 0.0911 e. The Morgan fingerprint density at radius 3 is 2.79 bits per heavy atom. The van der Waals surface area contributed by atoms with Gasteiger partial charge in [-0.25, -0.2) is 0 Å². The minimum Gasteiger partial charge on any atom is -0.385 e. The Bertz CT molecular complexity index is 274. The first kappa shape index (κ1) is 10.8. The van der Waals surface area contributed by atoms with E-state index in [4.69, 9.17) is 0 Å². The molecule has 1 rings (SSSR count). The first-order chi connectivity index (χ1) is 6.74. The molecule has 0 bridgehead atoms. The van der Waals surface area contributed by atoms with Gasteiger partial charge in [0.15, 0.2) is 0 Å². The maximum atomic E-state index is 11.9. The van der Waals surface area contributed by atoms with Crippen LogP contribution in [0.3, 0.4) is 0 Å². The van der Waals surface area contributed by atoms with Crippen LogP contribution in [0.1, 0.15) is 6.42 Å². The molecule has 14 heavy (non-hydrogen) atoms. The van der Waals surface area contributed by atoms with Crippen LogP contribution in [-0.4, -0.2) is 27.3 Å². The van der Waals surface area contributed by atoms with E-state index in [0.29, 0.717) is 13.0 Å². The molecule has 0 radical (unpaired) electrons. The molecule has 0 spiro atoms. The molecule has 0 aliphatic carbocycles. The molecular weight excluding hydrogens is 179 g/mol. The summed E-state index contributed by atoms with van der Waals surface area (Å²) in [7, 11) is 4.00. The Morgan fingerprint density at radius 1 is 1.36 bits per heavy atom. The van der Waals surface area contributed by atoms with Crippen molar-refractivity contribution in [3.05, 3.63) is 24.3 Å². The summed E-state index contributed by atoms with van der Waals surface area (Å²) in [6.07, 6.45) is 0.562. The fraction of sp³-hybridized carbons (Fsp3) is 0.455. The lowest BCUT2D eigenvalue weighted by Crippen LogP contribution is -2.09. The summed E-state index contributed by atoms with van der Waals surface area (Å²) in [5, 5.41) is 3.17. The van der Waals surface area contributed by atoms with Crippen molar-refractivity contribution in [3.8, 4) is 0 Å². The maximum absolute atomic E-state index is 11.9. The van der Waals surface area contributed by atoms with Gasteiger partial charge in [0.2, 0.25) is 0 Å². The van der Waals surface area contributed by atoms with E-state index in [1.807, 2.05) is 37.2 Å². The fourth-order valence-corrected chi connectivity index (χ4v) is 1.19. The quantitative estimate of drug-likeness (QED) is 0.728. The third kappa shape index (κ3) is 3.24. The average molecular weight is 196 g/mol. The van der Waals surface area contributed by atoms with E-state index in [9.17, 15) is 4.39 Å². The molecule has 1 aromatic rings. The summed E-state index contributed by atoms with van der Waals surface area (Å²) in [5.74, 6) is 0. The van der Waals surface area contributed by atoms with Crippen molar-refractivity contribution < 1.29 is 4.39 Å². The van der Waals surface area contributed by atoms with Gasteiger partial charge in [-0.2, -0.15) is 0 Å². The summed E-state index contributed by atoms with van der Waals surface area (Å²) in [6.45, 7) is 0.424. The zero-order valence-electron chi connectivity index (χ0n) is 8.76. The zero-order chi connectivity index (χ0) is 10.4. The highest BCUT2D eigenvalue weighted by atomic mass is 19.1. The zero-order valence-corrected chi connectivity index (χ0v) is 8.76. The van der Waals surface area contributed by atoms with Gasteiger partial charge in [-0.15, -0.1) is 0 Å². The number of nitrogens with zero attached hydrogens (tertiary/aromatic N) is 1. The highest BCUT2D eigenvalue weighted by molar-refractivity contribution is 5.57. The highest BCUT2D eigenvalue weighted by Crippen LogP contribution is 2.16.